The second-order valence-electron chi connectivity index (χ2n) is 6.98. The zero-order valence-corrected chi connectivity index (χ0v) is 15.8. The number of hydrogen-bond donors (Lipinski definition) is 0. The molecule has 144 valence electrons. The number of anilines is 1. The van der Waals surface area contributed by atoms with Crippen LogP contribution in [0, 0.1) is 22.9 Å². The maximum absolute atomic E-state index is 13.9. The minimum atomic E-state index is -0.765. The van der Waals surface area contributed by atoms with Crippen molar-refractivity contribution in [2.45, 2.75) is 33.3 Å². The Labute approximate surface area is 156 Å². The zero-order chi connectivity index (χ0) is 20.4. The number of carbonyl (C=O) groups excluding carboxylic acids is 1. The van der Waals surface area contributed by atoms with Gasteiger partial charge in [0.2, 0.25) is 0 Å². The molecule has 0 fully saturated rings. The van der Waals surface area contributed by atoms with E-state index >= 15 is 0 Å². The molecule has 0 aromatic heterocycles. The van der Waals surface area contributed by atoms with Crippen LogP contribution >= 0.6 is 0 Å². The fourth-order valence-electron chi connectivity index (χ4n) is 2.23. The summed E-state index contributed by atoms with van der Waals surface area (Å²) in [6.07, 6.45) is -0.760. The van der Waals surface area contributed by atoms with Gasteiger partial charge in [-0.15, -0.1) is 0 Å². The van der Waals surface area contributed by atoms with Gasteiger partial charge in [-0.2, -0.15) is 0 Å². The molecule has 0 aliphatic heterocycles. The maximum Gasteiger partial charge on any atom is 0.414 e. The Morgan fingerprint density at radius 1 is 1.19 bits per heavy atom. The van der Waals surface area contributed by atoms with Gasteiger partial charge in [0.1, 0.15) is 17.0 Å². The molecular formula is C19H21FN2O5. The summed E-state index contributed by atoms with van der Waals surface area (Å²) in [5.41, 5.74) is -0.307. The van der Waals surface area contributed by atoms with Gasteiger partial charge in [-0.1, -0.05) is 6.07 Å². The topological polar surface area (TPSA) is 81.9 Å². The zero-order valence-electron chi connectivity index (χ0n) is 15.8. The summed E-state index contributed by atoms with van der Waals surface area (Å²) < 4.78 is 24.7. The first-order chi connectivity index (χ1) is 12.5. The van der Waals surface area contributed by atoms with Gasteiger partial charge < -0.3 is 9.47 Å². The Balaban J connectivity index is 2.40. The number of rotatable bonds is 4. The van der Waals surface area contributed by atoms with Gasteiger partial charge in [0, 0.05) is 19.2 Å². The van der Waals surface area contributed by atoms with E-state index in [-0.39, 0.29) is 22.9 Å². The molecule has 0 saturated heterocycles. The second-order valence-corrected chi connectivity index (χ2v) is 6.98. The number of ether oxygens (including phenoxy) is 2. The molecule has 0 unspecified atom stereocenters. The number of nitro groups is 1. The normalized spacial score (nSPS) is 11.0. The first-order valence-corrected chi connectivity index (χ1v) is 8.17. The molecule has 0 aliphatic carbocycles. The predicted molar refractivity (Wildman–Crippen MR) is 98.9 cm³/mol. The first kappa shape index (κ1) is 20.2. The molecule has 0 aliphatic rings. The predicted octanol–water partition coefficient (Wildman–Crippen LogP) is 5.21. The monoisotopic (exact) mass is 376 g/mol. The van der Waals surface area contributed by atoms with Crippen molar-refractivity contribution in [1.82, 2.24) is 0 Å². The summed E-state index contributed by atoms with van der Waals surface area (Å²) >= 11 is 0. The van der Waals surface area contributed by atoms with E-state index in [1.165, 1.54) is 37.4 Å². The SMILES string of the molecule is Cc1ccc(F)c(Oc2ccc([N+](=O)[O-])c(N(C)C(=O)OC(C)(C)C)c2)c1. The number of aryl methyl sites for hydroxylation is 1. The highest BCUT2D eigenvalue weighted by molar-refractivity contribution is 5.90. The number of halogens is 1. The molecule has 2 rings (SSSR count). The number of nitro benzene ring substituents is 1. The molecule has 0 radical (unpaired) electrons. The van der Waals surface area contributed by atoms with Crippen molar-refractivity contribution in [3.8, 4) is 11.5 Å². The Kier molecular flexibility index (Phi) is 5.68. The highest BCUT2D eigenvalue weighted by atomic mass is 19.1. The Hall–Kier alpha value is -3.16. The maximum atomic E-state index is 13.9. The quantitative estimate of drug-likeness (QED) is 0.541. The molecule has 27 heavy (non-hydrogen) atoms. The molecule has 0 bridgehead atoms. The van der Waals surface area contributed by atoms with Crippen molar-refractivity contribution < 1.29 is 23.6 Å². The number of benzene rings is 2. The third-order valence-corrected chi connectivity index (χ3v) is 3.49. The fraction of sp³-hybridized carbons (Fsp3) is 0.316. The average molecular weight is 376 g/mol. The van der Waals surface area contributed by atoms with Gasteiger partial charge in [-0.05, 0) is 51.5 Å². The van der Waals surface area contributed by atoms with Crippen LogP contribution in [-0.2, 0) is 4.74 Å². The summed E-state index contributed by atoms with van der Waals surface area (Å²) in [4.78, 5) is 24.0. The summed E-state index contributed by atoms with van der Waals surface area (Å²) in [7, 11) is 1.35. The standard InChI is InChI=1S/C19H21FN2O5/c1-12-6-8-14(20)17(10-12)26-13-7-9-15(22(24)25)16(11-13)21(5)18(23)27-19(2,3)4/h6-11H,1-5H3. The summed E-state index contributed by atoms with van der Waals surface area (Å²) in [6, 6.07) is 8.20. The highest BCUT2D eigenvalue weighted by Gasteiger charge is 2.26. The van der Waals surface area contributed by atoms with Crippen molar-refractivity contribution in [2.75, 3.05) is 11.9 Å². The molecule has 0 saturated carbocycles. The lowest BCUT2D eigenvalue weighted by molar-refractivity contribution is -0.384. The minimum absolute atomic E-state index is 0.0188. The van der Waals surface area contributed by atoms with Crippen LogP contribution in [0.3, 0.4) is 0 Å². The van der Waals surface area contributed by atoms with E-state index in [0.29, 0.717) is 0 Å². The van der Waals surface area contributed by atoms with Crippen molar-refractivity contribution in [3.05, 3.63) is 57.9 Å². The van der Waals surface area contributed by atoms with E-state index in [4.69, 9.17) is 9.47 Å². The van der Waals surface area contributed by atoms with Gasteiger partial charge in [0.15, 0.2) is 11.6 Å². The molecular weight excluding hydrogens is 355 g/mol. The van der Waals surface area contributed by atoms with Gasteiger partial charge in [-0.25, -0.2) is 9.18 Å². The molecule has 8 heteroatoms. The molecule has 0 N–H and O–H groups in total. The molecule has 0 atom stereocenters. The number of hydrogen-bond acceptors (Lipinski definition) is 5. The van der Waals surface area contributed by atoms with Crippen molar-refractivity contribution in [2.24, 2.45) is 0 Å². The second kappa shape index (κ2) is 7.61. The average Bonchev–Trinajstić information content (AvgIpc) is 2.55. The smallest absolute Gasteiger partial charge is 0.414 e. The van der Waals surface area contributed by atoms with Gasteiger partial charge in [-0.3, -0.25) is 15.0 Å². The molecule has 2 aromatic carbocycles. The minimum Gasteiger partial charge on any atom is -0.454 e. The molecule has 1 amide bonds. The summed E-state index contributed by atoms with van der Waals surface area (Å²) in [6.45, 7) is 6.84. The number of amides is 1. The van der Waals surface area contributed by atoms with E-state index in [1.807, 2.05) is 0 Å². The lowest BCUT2D eigenvalue weighted by Crippen LogP contribution is -2.34. The first-order valence-electron chi connectivity index (χ1n) is 8.17. The summed E-state index contributed by atoms with van der Waals surface area (Å²) in [5.74, 6) is -0.439. The highest BCUT2D eigenvalue weighted by Crippen LogP contribution is 2.35. The van der Waals surface area contributed by atoms with Crippen LogP contribution in [0.4, 0.5) is 20.6 Å². The van der Waals surface area contributed by atoms with Crippen LogP contribution in [0.15, 0.2) is 36.4 Å². The van der Waals surface area contributed by atoms with Crippen LogP contribution in [0.1, 0.15) is 26.3 Å². The molecule has 7 nitrogen and oxygen atoms in total. The molecule has 0 heterocycles. The van der Waals surface area contributed by atoms with E-state index in [9.17, 15) is 19.3 Å². The van der Waals surface area contributed by atoms with E-state index < -0.39 is 22.4 Å². The van der Waals surface area contributed by atoms with Crippen LogP contribution in [-0.4, -0.2) is 23.7 Å². The van der Waals surface area contributed by atoms with Crippen LogP contribution in [0.25, 0.3) is 0 Å². The lowest BCUT2D eigenvalue weighted by atomic mass is 10.2. The van der Waals surface area contributed by atoms with E-state index in [1.54, 1.807) is 33.8 Å². The lowest BCUT2D eigenvalue weighted by Gasteiger charge is -2.24. The van der Waals surface area contributed by atoms with Gasteiger partial charge in [0.25, 0.3) is 5.69 Å². The third kappa shape index (κ3) is 5.16. The molecule has 0 spiro atoms. The fourth-order valence-corrected chi connectivity index (χ4v) is 2.23. The van der Waals surface area contributed by atoms with Gasteiger partial charge in [0.05, 0.1) is 4.92 Å². The van der Waals surface area contributed by atoms with Crippen LogP contribution < -0.4 is 9.64 Å². The number of nitrogens with zero attached hydrogens (tertiary/aromatic N) is 2. The van der Waals surface area contributed by atoms with Crippen molar-refractivity contribution >= 4 is 17.5 Å². The third-order valence-electron chi connectivity index (χ3n) is 3.49. The van der Waals surface area contributed by atoms with Gasteiger partial charge >= 0.3 is 6.09 Å². The van der Waals surface area contributed by atoms with Crippen molar-refractivity contribution in [1.29, 1.82) is 0 Å². The Morgan fingerprint density at radius 3 is 2.44 bits per heavy atom. The number of carbonyl (C=O) groups is 1. The Bertz CT molecular complexity index is 877. The van der Waals surface area contributed by atoms with E-state index in [0.717, 1.165) is 10.5 Å². The Morgan fingerprint density at radius 2 is 1.85 bits per heavy atom. The van der Waals surface area contributed by atoms with Crippen LogP contribution in [0.2, 0.25) is 0 Å². The van der Waals surface area contributed by atoms with Crippen LogP contribution in [0.5, 0.6) is 11.5 Å². The van der Waals surface area contributed by atoms with Crippen molar-refractivity contribution in [3.63, 3.8) is 0 Å². The van der Waals surface area contributed by atoms with E-state index in [2.05, 4.69) is 0 Å². The largest absolute Gasteiger partial charge is 0.454 e. The summed E-state index contributed by atoms with van der Waals surface area (Å²) in [5, 5.41) is 11.3. The molecule has 2 aromatic rings.